The van der Waals surface area contributed by atoms with Crippen molar-refractivity contribution in [3.63, 3.8) is 0 Å². The number of rotatable bonds is 7. The van der Waals surface area contributed by atoms with Gasteiger partial charge in [-0.3, -0.25) is 9.59 Å². The van der Waals surface area contributed by atoms with E-state index in [-0.39, 0.29) is 17.2 Å². The lowest BCUT2D eigenvalue weighted by Gasteiger charge is -2.03. The molecule has 0 aliphatic heterocycles. The number of nitrogens with zero attached hydrogens (tertiary/aromatic N) is 1. The van der Waals surface area contributed by atoms with Crippen molar-refractivity contribution >= 4 is 5.91 Å². The van der Waals surface area contributed by atoms with Gasteiger partial charge >= 0.3 is 0 Å². The lowest BCUT2D eigenvalue weighted by Crippen LogP contribution is -2.26. The second-order valence-electron chi connectivity index (χ2n) is 3.77. The minimum atomic E-state index is -0.316. The molecule has 1 rings (SSSR count). The molecule has 0 aliphatic carbocycles. The second-order valence-corrected chi connectivity index (χ2v) is 3.77. The molecule has 17 heavy (non-hydrogen) atoms. The highest BCUT2D eigenvalue weighted by molar-refractivity contribution is 5.91. The number of aromatic nitrogens is 2. The zero-order valence-corrected chi connectivity index (χ0v) is 9.74. The summed E-state index contributed by atoms with van der Waals surface area (Å²) in [5.74, 6) is -0.264. The van der Waals surface area contributed by atoms with Crippen LogP contribution in [0.25, 0.3) is 0 Å². The topological polar surface area (TPSA) is 101 Å². The van der Waals surface area contributed by atoms with E-state index in [1.807, 2.05) is 0 Å². The number of hydrogen-bond acceptors (Lipinski definition) is 4. The molecule has 1 aromatic rings. The van der Waals surface area contributed by atoms with Crippen LogP contribution in [0.5, 0.6) is 0 Å². The van der Waals surface area contributed by atoms with Gasteiger partial charge < -0.3 is 11.1 Å². The van der Waals surface area contributed by atoms with E-state index in [1.54, 1.807) is 0 Å². The molecule has 4 N–H and O–H groups in total. The van der Waals surface area contributed by atoms with Crippen molar-refractivity contribution in [2.75, 3.05) is 13.1 Å². The third kappa shape index (κ3) is 5.26. The van der Waals surface area contributed by atoms with Gasteiger partial charge in [0.2, 0.25) is 0 Å². The summed E-state index contributed by atoms with van der Waals surface area (Å²) in [5.41, 5.74) is 5.28. The van der Waals surface area contributed by atoms with Gasteiger partial charge in [-0.2, -0.15) is 5.10 Å². The first-order valence-corrected chi connectivity index (χ1v) is 5.78. The summed E-state index contributed by atoms with van der Waals surface area (Å²) < 4.78 is 0. The van der Waals surface area contributed by atoms with Gasteiger partial charge in [0.15, 0.2) is 0 Å². The van der Waals surface area contributed by atoms with Gasteiger partial charge in [-0.15, -0.1) is 0 Å². The fraction of sp³-hybridized carbons (Fsp3) is 0.545. The normalized spacial score (nSPS) is 10.2. The van der Waals surface area contributed by atoms with Gasteiger partial charge in [-0.1, -0.05) is 12.8 Å². The highest BCUT2D eigenvalue weighted by atomic mass is 16.2. The summed E-state index contributed by atoms with van der Waals surface area (Å²) in [7, 11) is 0. The molecule has 0 spiro atoms. The van der Waals surface area contributed by atoms with Gasteiger partial charge in [-0.05, 0) is 25.5 Å². The van der Waals surface area contributed by atoms with Crippen LogP contribution in [-0.4, -0.2) is 29.2 Å². The molecule has 0 bridgehead atoms. The van der Waals surface area contributed by atoms with E-state index in [2.05, 4.69) is 15.5 Å². The third-order valence-corrected chi connectivity index (χ3v) is 2.33. The van der Waals surface area contributed by atoms with Gasteiger partial charge in [0.1, 0.15) is 5.69 Å². The van der Waals surface area contributed by atoms with E-state index in [1.165, 1.54) is 12.1 Å². The smallest absolute Gasteiger partial charge is 0.271 e. The Morgan fingerprint density at radius 3 is 2.71 bits per heavy atom. The zero-order chi connectivity index (χ0) is 12.5. The molecule has 0 atom stereocenters. The molecule has 0 aliphatic rings. The lowest BCUT2D eigenvalue weighted by atomic mass is 10.2. The average molecular weight is 238 g/mol. The van der Waals surface area contributed by atoms with Crippen molar-refractivity contribution < 1.29 is 4.79 Å². The van der Waals surface area contributed by atoms with Crippen molar-refractivity contribution in [3.8, 4) is 0 Å². The molecular weight excluding hydrogens is 220 g/mol. The molecule has 0 saturated heterocycles. The molecular formula is C11H18N4O2. The summed E-state index contributed by atoms with van der Waals surface area (Å²) in [5, 5.41) is 8.60. The lowest BCUT2D eigenvalue weighted by molar-refractivity contribution is 0.0947. The highest BCUT2D eigenvalue weighted by Gasteiger charge is 2.05. The van der Waals surface area contributed by atoms with Crippen LogP contribution >= 0.6 is 0 Å². The Kier molecular flexibility index (Phi) is 5.95. The summed E-state index contributed by atoms with van der Waals surface area (Å²) in [6.07, 6.45) is 4.09. The maximum absolute atomic E-state index is 11.5. The average Bonchev–Trinajstić information content (AvgIpc) is 2.34. The van der Waals surface area contributed by atoms with Crippen molar-refractivity contribution in [1.29, 1.82) is 0 Å². The monoisotopic (exact) mass is 238 g/mol. The first kappa shape index (κ1) is 13.4. The van der Waals surface area contributed by atoms with Crippen molar-refractivity contribution in [3.05, 3.63) is 28.2 Å². The van der Waals surface area contributed by atoms with Crippen LogP contribution in [0.4, 0.5) is 0 Å². The maximum atomic E-state index is 11.5. The summed E-state index contributed by atoms with van der Waals surface area (Å²) >= 11 is 0. The molecule has 0 radical (unpaired) electrons. The number of carbonyl (C=O) groups is 1. The van der Waals surface area contributed by atoms with Gasteiger partial charge in [0, 0.05) is 12.6 Å². The van der Waals surface area contributed by atoms with Crippen molar-refractivity contribution in [2.45, 2.75) is 25.7 Å². The van der Waals surface area contributed by atoms with E-state index in [4.69, 9.17) is 5.73 Å². The maximum Gasteiger partial charge on any atom is 0.271 e. The second kappa shape index (κ2) is 7.56. The summed E-state index contributed by atoms with van der Waals surface area (Å²) in [4.78, 5) is 22.3. The first-order valence-electron chi connectivity index (χ1n) is 5.78. The fourth-order valence-electron chi connectivity index (χ4n) is 1.39. The molecule has 0 unspecified atom stereocenters. The Bertz CT molecular complexity index is 382. The van der Waals surface area contributed by atoms with Crippen molar-refractivity contribution in [1.82, 2.24) is 15.5 Å². The Labute approximate surface area is 99.6 Å². The number of aromatic amines is 1. The van der Waals surface area contributed by atoms with Crippen LogP contribution in [0.2, 0.25) is 0 Å². The Morgan fingerprint density at radius 2 is 2.06 bits per heavy atom. The molecule has 0 aromatic carbocycles. The number of nitrogens with two attached hydrogens (primary N) is 1. The molecule has 6 heteroatoms. The number of H-pyrrole nitrogens is 1. The Balaban J connectivity index is 2.21. The predicted octanol–water partition coefficient (Wildman–Crippen LogP) is 0.0188. The Morgan fingerprint density at radius 1 is 1.29 bits per heavy atom. The van der Waals surface area contributed by atoms with E-state index < -0.39 is 0 Å². The third-order valence-electron chi connectivity index (χ3n) is 2.33. The zero-order valence-electron chi connectivity index (χ0n) is 9.74. The minimum Gasteiger partial charge on any atom is -0.351 e. The van der Waals surface area contributed by atoms with Gasteiger partial charge in [0.05, 0.1) is 0 Å². The number of amides is 1. The van der Waals surface area contributed by atoms with Crippen LogP contribution in [0, 0.1) is 0 Å². The SMILES string of the molecule is NCCCCCCNC(=O)c1ccc(=O)[nH]n1. The molecule has 1 aromatic heterocycles. The Hall–Kier alpha value is -1.69. The standard InChI is InChI=1S/C11H18N4O2/c12-7-3-1-2-4-8-13-11(17)9-5-6-10(16)15-14-9/h5-6H,1-4,7-8,12H2,(H,13,17)(H,15,16). The fourth-order valence-corrected chi connectivity index (χ4v) is 1.39. The minimum absolute atomic E-state index is 0.228. The van der Waals surface area contributed by atoms with E-state index in [0.717, 1.165) is 25.7 Å². The first-order chi connectivity index (χ1) is 8.24. The van der Waals surface area contributed by atoms with E-state index in [9.17, 15) is 9.59 Å². The highest BCUT2D eigenvalue weighted by Crippen LogP contribution is 1.97. The molecule has 6 nitrogen and oxygen atoms in total. The van der Waals surface area contributed by atoms with Crippen LogP contribution in [0.1, 0.15) is 36.2 Å². The van der Waals surface area contributed by atoms with E-state index >= 15 is 0 Å². The van der Waals surface area contributed by atoms with Crippen LogP contribution in [0.3, 0.4) is 0 Å². The number of carbonyl (C=O) groups excluding carboxylic acids is 1. The molecule has 1 amide bonds. The quantitative estimate of drug-likeness (QED) is 0.583. The molecule has 94 valence electrons. The van der Waals surface area contributed by atoms with Crippen LogP contribution in [0.15, 0.2) is 16.9 Å². The van der Waals surface area contributed by atoms with E-state index in [0.29, 0.717) is 13.1 Å². The number of nitrogens with one attached hydrogen (secondary N) is 2. The van der Waals surface area contributed by atoms with Gasteiger partial charge in [0.25, 0.3) is 11.5 Å². The van der Waals surface area contributed by atoms with Crippen LogP contribution in [-0.2, 0) is 0 Å². The predicted molar refractivity (Wildman–Crippen MR) is 64.7 cm³/mol. The number of hydrogen-bond donors (Lipinski definition) is 3. The number of unbranched alkanes of at least 4 members (excludes halogenated alkanes) is 3. The van der Waals surface area contributed by atoms with Crippen LogP contribution < -0.4 is 16.6 Å². The van der Waals surface area contributed by atoms with Gasteiger partial charge in [-0.25, -0.2) is 5.10 Å². The molecule has 0 fully saturated rings. The summed E-state index contributed by atoms with van der Waals surface area (Å²) in [6.45, 7) is 1.33. The van der Waals surface area contributed by atoms with Crippen molar-refractivity contribution in [2.24, 2.45) is 5.73 Å². The largest absolute Gasteiger partial charge is 0.351 e. The summed E-state index contributed by atoms with van der Waals surface area (Å²) in [6, 6.07) is 2.69. The molecule has 1 heterocycles. The molecule has 0 saturated carbocycles.